The molecule has 0 saturated heterocycles. The van der Waals surface area contributed by atoms with Crippen LogP contribution in [0.25, 0.3) is 0 Å². The highest BCUT2D eigenvalue weighted by atomic mass is 79.9. The van der Waals surface area contributed by atoms with Gasteiger partial charge in [-0.25, -0.2) is 4.39 Å². The van der Waals surface area contributed by atoms with E-state index in [1.165, 1.54) is 12.1 Å². The van der Waals surface area contributed by atoms with Crippen molar-refractivity contribution < 1.29 is 4.39 Å². The third kappa shape index (κ3) is 2.97. The summed E-state index contributed by atoms with van der Waals surface area (Å²) in [5.74, 6) is -0.236. The van der Waals surface area contributed by atoms with Gasteiger partial charge >= 0.3 is 0 Å². The Morgan fingerprint density at radius 1 is 1.39 bits per heavy atom. The number of rotatable bonds is 4. The quantitative estimate of drug-likeness (QED) is 0.941. The molecule has 5 heteroatoms. The van der Waals surface area contributed by atoms with Gasteiger partial charge in [-0.3, -0.25) is 4.68 Å². The number of aromatic nitrogens is 2. The predicted octanol–water partition coefficient (Wildman–Crippen LogP) is 2.86. The van der Waals surface area contributed by atoms with E-state index in [-0.39, 0.29) is 5.82 Å². The Balaban J connectivity index is 2.23. The molecule has 0 bridgehead atoms. The summed E-state index contributed by atoms with van der Waals surface area (Å²) in [6, 6.07) is 4.89. The summed E-state index contributed by atoms with van der Waals surface area (Å²) in [5, 5.41) is 7.43. The summed E-state index contributed by atoms with van der Waals surface area (Å²) in [4.78, 5) is 0. The summed E-state index contributed by atoms with van der Waals surface area (Å²) in [6.45, 7) is 3.39. The van der Waals surface area contributed by atoms with Gasteiger partial charge < -0.3 is 5.32 Å². The van der Waals surface area contributed by atoms with Crippen LogP contribution in [0.3, 0.4) is 0 Å². The molecule has 0 spiro atoms. The number of nitrogens with one attached hydrogen (secondary N) is 1. The average molecular weight is 312 g/mol. The third-order valence-corrected chi connectivity index (χ3v) is 3.28. The molecule has 2 aromatic rings. The van der Waals surface area contributed by atoms with Crippen molar-refractivity contribution in [3.63, 3.8) is 0 Å². The second-order valence-electron chi connectivity index (χ2n) is 4.22. The van der Waals surface area contributed by atoms with Crippen molar-refractivity contribution in [2.45, 2.75) is 20.0 Å². The first-order chi connectivity index (χ1) is 8.60. The van der Waals surface area contributed by atoms with Crippen LogP contribution >= 0.6 is 15.9 Å². The normalized spacial score (nSPS) is 10.9. The number of halogens is 2. The Kier molecular flexibility index (Phi) is 4.14. The van der Waals surface area contributed by atoms with Gasteiger partial charge in [-0.15, -0.1) is 0 Å². The van der Waals surface area contributed by atoms with Crippen molar-refractivity contribution in [2.75, 3.05) is 7.05 Å². The van der Waals surface area contributed by atoms with E-state index in [2.05, 4.69) is 26.3 Å². The molecule has 0 amide bonds. The highest BCUT2D eigenvalue weighted by Crippen LogP contribution is 2.17. The van der Waals surface area contributed by atoms with Crippen molar-refractivity contribution in [3.8, 4) is 0 Å². The SMILES string of the molecule is CNCc1cnn(Cc2cc(F)cc(Br)c2)c1C. The Morgan fingerprint density at radius 2 is 2.17 bits per heavy atom. The highest BCUT2D eigenvalue weighted by Gasteiger charge is 2.07. The van der Waals surface area contributed by atoms with Gasteiger partial charge in [0.25, 0.3) is 0 Å². The van der Waals surface area contributed by atoms with Crippen molar-refractivity contribution >= 4 is 15.9 Å². The second kappa shape index (κ2) is 5.63. The summed E-state index contributed by atoms with van der Waals surface area (Å²) in [7, 11) is 1.90. The van der Waals surface area contributed by atoms with Gasteiger partial charge in [0, 0.05) is 22.3 Å². The van der Waals surface area contributed by atoms with Gasteiger partial charge in [0.2, 0.25) is 0 Å². The average Bonchev–Trinajstić information content (AvgIpc) is 2.61. The molecule has 0 fully saturated rings. The van der Waals surface area contributed by atoms with Crippen molar-refractivity contribution in [1.29, 1.82) is 0 Å². The zero-order valence-corrected chi connectivity index (χ0v) is 12.0. The molecule has 1 aromatic carbocycles. The lowest BCUT2D eigenvalue weighted by atomic mass is 10.2. The molecule has 0 saturated carbocycles. The summed E-state index contributed by atoms with van der Waals surface area (Å²) >= 11 is 3.30. The fourth-order valence-electron chi connectivity index (χ4n) is 1.88. The van der Waals surface area contributed by atoms with Crippen LogP contribution in [0.4, 0.5) is 4.39 Å². The van der Waals surface area contributed by atoms with Gasteiger partial charge in [0.05, 0.1) is 12.7 Å². The van der Waals surface area contributed by atoms with Gasteiger partial charge in [0.15, 0.2) is 0 Å². The molecule has 1 heterocycles. The molecule has 1 aromatic heterocycles. The molecule has 18 heavy (non-hydrogen) atoms. The minimum Gasteiger partial charge on any atom is -0.316 e. The fourth-order valence-corrected chi connectivity index (χ4v) is 2.40. The summed E-state index contributed by atoms with van der Waals surface area (Å²) in [5.41, 5.74) is 3.15. The number of hydrogen-bond acceptors (Lipinski definition) is 2. The molecular weight excluding hydrogens is 297 g/mol. The van der Waals surface area contributed by atoms with Gasteiger partial charge in [0.1, 0.15) is 5.82 Å². The summed E-state index contributed by atoms with van der Waals surface area (Å²) < 4.78 is 15.9. The molecule has 2 rings (SSSR count). The lowest BCUT2D eigenvalue weighted by Crippen LogP contribution is -2.08. The first-order valence-electron chi connectivity index (χ1n) is 5.71. The fraction of sp³-hybridized carbons (Fsp3) is 0.308. The molecule has 1 N–H and O–H groups in total. The van der Waals surface area contributed by atoms with E-state index in [0.29, 0.717) is 6.54 Å². The van der Waals surface area contributed by atoms with Crippen LogP contribution in [0, 0.1) is 12.7 Å². The molecule has 96 valence electrons. The van der Waals surface area contributed by atoms with Crippen molar-refractivity contribution in [2.24, 2.45) is 0 Å². The van der Waals surface area contributed by atoms with Crippen LogP contribution in [0.5, 0.6) is 0 Å². The maximum Gasteiger partial charge on any atom is 0.124 e. The monoisotopic (exact) mass is 311 g/mol. The van der Waals surface area contributed by atoms with E-state index in [1.54, 1.807) is 0 Å². The zero-order valence-electron chi connectivity index (χ0n) is 10.4. The van der Waals surface area contributed by atoms with Gasteiger partial charge in [-0.2, -0.15) is 5.10 Å². The van der Waals surface area contributed by atoms with E-state index in [0.717, 1.165) is 27.8 Å². The molecule has 0 aliphatic rings. The van der Waals surface area contributed by atoms with Gasteiger partial charge in [-0.05, 0) is 37.7 Å². The molecule has 3 nitrogen and oxygen atoms in total. The predicted molar refractivity (Wildman–Crippen MR) is 72.9 cm³/mol. The molecule has 0 aliphatic heterocycles. The van der Waals surface area contributed by atoms with Crippen molar-refractivity contribution in [3.05, 3.63) is 51.5 Å². The van der Waals surface area contributed by atoms with Gasteiger partial charge in [-0.1, -0.05) is 15.9 Å². The van der Waals surface area contributed by atoms with E-state index in [1.807, 2.05) is 30.9 Å². The minimum atomic E-state index is -0.236. The van der Waals surface area contributed by atoms with E-state index in [9.17, 15) is 4.39 Å². The Labute approximate surface area is 114 Å². The largest absolute Gasteiger partial charge is 0.316 e. The van der Waals surface area contributed by atoms with Crippen LogP contribution < -0.4 is 5.32 Å². The van der Waals surface area contributed by atoms with Crippen LogP contribution in [-0.2, 0) is 13.1 Å². The molecular formula is C13H15BrFN3. The Morgan fingerprint density at radius 3 is 2.83 bits per heavy atom. The second-order valence-corrected chi connectivity index (χ2v) is 5.14. The minimum absolute atomic E-state index is 0.236. The summed E-state index contributed by atoms with van der Waals surface area (Å²) in [6.07, 6.45) is 1.85. The van der Waals surface area contributed by atoms with Crippen molar-refractivity contribution in [1.82, 2.24) is 15.1 Å². The lowest BCUT2D eigenvalue weighted by molar-refractivity contribution is 0.615. The van der Waals surface area contributed by atoms with Crippen LogP contribution in [-0.4, -0.2) is 16.8 Å². The van der Waals surface area contributed by atoms with Crippen LogP contribution in [0.1, 0.15) is 16.8 Å². The maximum absolute atomic E-state index is 13.3. The maximum atomic E-state index is 13.3. The van der Waals surface area contributed by atoms with Crippen LogP contribution in [0.15, 0.2) is 28.9 Å². The Bertz CT molecular complexity index is 531. The molecule has 0 atom stereocenters. The number of benzene rings is 1. The zero-order chi connectivity index (χ0) is 13.1. The topological polar surface area (TPSA) is 29.9 Å². The van der Waals surface area contributed by atoms with E-state index in [4.69, 9.17) is 0 Å². The third-order valence-electron chi connectivity index (χ3n) is 2.83. The molecule has 0 unspecified atom stereocenters. The smallest absolute Gasteiger partial charge is 0.124 e. The number of hydrogen-bond donors (Lipinski definition) is 1. The number of nitrogens with zero attached hydrogens (tertiary/aromatic N) is 2. The first kappa shape index (κ1) is 13.2. The standard InChI is InChI=1S/C13H15BrFN3/c1-9-11(6-16-2)7-17-18(9)8-10-3-12(14)5-13(15)4-10/h3-5,7,16H,6,8H2,1-2H3. The van der Waals surface area contributed by atoms with E-state index < -0.39 is 0 Å². The lowest BCUT2D eigenvalue weighted by Gasteiger charge is -2.07. The highest BCUT2D eigenvalue weighted by molar-refractivity contribution is 9.10. The molecule has 0 radical (unpaired) electrons. The van der Waals surface area contributed by atoms with E-state index >= 15 is 0 Å². The first-order valence-corrected chi connectivity index (χ1v) is 6.50. The molecule has 0 aliphatic carbocycles. The Hall–Kier alpha value is -1.20. The van der Waals surface area contributed by atoms with Crippen LogP contribution in [0.2, 0.25) is 0 Å².